The standard InChI is InChI=1S/C16H18BrNO/c1-3-16(18-2)12-7-9-14(10-8-12)19-15-6-4-5-13(17)11-15/h4-11,16,18H,3H2,1-2H3. The van der Waals surface area contributed by atoms with E-state index in [1.54, 1.807) is 0 Å². The van der Waals surface area contributed by atoms with Crippen LogP contribution in [0.1, 0.15) is 24.9 Å². The summed E-state index contributed by atoms with van der Waals surface area (Å²) in [6.45, 7) is 2.17. The molecule has 2 nitrogen and oxygen atoms in total. The van der Waals surface area contributed by atoms with Gasteiger partial charge in [-0.15, -0.1) is 0 Å². The van der Waals surface area contributed by atoms with E-state index in [4.69, 9.17) is 4.74 Å². The normalized spacial score (nSPS) is 12.2. The van der Waals surface area contributed by atoms with E-state index in [1.165, 1.54) is 5.56 Å². The van der Waals surface area contributed by atoms with Crippen molar-refractivity contribution >= 4 is 15.9 Å². The van der Waals surface area contributed by atoms with Crippen LogP contribution in [0.15, 0.2) is 53.0 Å². The lowest BCUT2D eigenvalue weighted by Crippen LogP contribution is -2.14. The highest BCUT2D eigenvalue weighted by molar-refractivity contribution is 9.10. The summed E-state index contributed by atoms with van der Waals surface area (Å²) >= 11 is 3.44. The minimum Gasteiger partial charge on any atom is -0.457 e. The van der Waals surface area contributed by atoms with Crippen molar-refractivity contribution < 1.29 is 4.74 Å². The summed E-state index contributed by atoms with van der Waals surface area (Å²) in [5.41, 5.74) is 1.28. The average molecular weight is 320 g/mol. The SMILES string of the molecule is CCC(NC)c1ccc(Oc2cccc(Br)c2)cc1. The highest BCUT2D eigenvalue weighted by Crippen LogP contribution is 2.26. The molecule has 0 aliphatic rings. The summed E-state index contributed by atoms with van der Waals surface area (Å²) in [6.07, 6.45) is 1.07. The van der Waals surface area contributed by atoms with Gasteiger partial charge in [-0.25, -0.2) is 0 Å². The predicted molar refractivity (Wildman–Crippen MR) is 82.7 cm³/mol. The summed E-state index contributed by atoms with van der Waals surface area (Å²) < 4.78 is 6.83. The third kappa shape index (κ3) is 3.82. The van der Waals surface area contributed by atoms with Crippen molar-refractivity contribution in [3.63, 3.8) is 0 Å². The fourth-order valence-corrected chi connectivity index (χ4v) is 2.42. The molecule has 2 rings (SSSR count). The van der Waals surface area contributed by atoms with Gasteiger partial charge < -0.3 is 10.1 Å². The van der Waals surface area contributed by atoms with Gasteiger partial charge in [-0.3, -0.25) is 0 Å². The van der Waals surface area contributed by atoms with Gasteiger partial charge in [0.1, 0.15) is 11.5 Å². The predicted octanol–water partition coefficient (Wildman–Crippen LogP) is 4.91. The van der Waals surface area contributed by atoms with Crippen LogP contribution in [0.25, 0.3) is 0 Å². The lowest BCUT2D eigenvalue weighted by molar-refractivity contribution is 0.481. The number of hydrogen-bond acceptors (Lipinski definition) is 2. The number of benzene rings is 2. The zero-order valence-corrected chi connectivity index (χ0v) is 12.8. The Hall–Kier alpha value is -1.32. The van der Waals surface area contributed by atoms with Gasteiger partial charge in [-0.05, 0) is 49.4 Å². The van der Waals surface area contributed by atoms with Crippen molar-refractivity contribution in [1.82, 2.24) is 5.32 Å². The first-order valence-electron chi connectivity index (χ1n) is 6.43. The third-order valence-electron chi connectivity index (χ3n) is 3.07. The molecule has 1 atom stereocenters. The fourth-order valence-electron chi connectivity index (χ4n) is 2.04. The van der Waals surface area contributed by atoms with E-state index in [9.17, 15) is 0 Å². The van der Waals surface area contributed by atoms with Crippen molar-refractivity contribution in [3.05, 3.63) is 58.6 Å². The van der Waals surface area contributed by atoms with Gasteiger partial charge in [-0.2, -0.15) is 0 Å². The monoisotopic (exact) mass is 319 g/mol. The minimum atomic E-state index is 0.403. The molecule has 100 valence electrons. The van der Waals surface area contributed by atoms with Crippen LogP contribution in [0.3, 0.4) is 0 Å². The average Bonchev–Trinajstić information content (AvgIpc) is 2.42. The maximum absolute atomic E-state index is 5.81. The second-order valence-corrected chi connectivity index (χ2v) is 5.29. The van der Waals surface area contributed by atoms with E-state index in [2.05, 4.69) is 40.3 Å². The molecule has 3 heteroatoms. The van der Waals surface area contributed by atoms with Gasteiger partial charge in [0.25, 0.3) is 0 Å². The van der Waals surface area contributed by atoms with E-state index in [1.807, 2.05) is 43.4 Å². The summed E-state index contributed by atoms with van der Waals surface area (Å²) in [5, 5.41) is 3.30. The Labute approximate surface area is 122 Å². The molecule has 2 aromatic carbocycles. The van der Waals surface area contributed by atoms with E-state index in [0.717, 1.165) is 22.4 Å². The number of ether oxygens (including phenoxy) is 1. The number of halogens is 1. The first-order chi connectivity index (χ1) is 9.22. The number of hydrogen-bond donors (Lipinski definition) is 1. The Morgan fingerprint density at radius 1 is 1.11 bits per heavy atom. The molecule has 0 heterocycles. The largest absolute Gasteiger partial charge is 0.457 e. The first kappa shape index (κ1) is 14.1. The van der Waals surface area contributed by atoms with Crippen LogP contribution in [0.2, 0.25) is 0 Å². The topological polar surface area (TPSA) is 21.3 Å². The van der Waals surface area contributed by atoms with Crippen molar-refractivity contribution in [2.75, 3.05) is 7.05 Å². The molecular weight excluding hydrogens is 302 g/mol. The van der Waals surface area contributed by atoms with Gasteiger partial charge in [0.15, 0.2) is 0 Å². The van der Waals surface area contributed by atoms with Crippen LogP contribution in [0.5, 0.6) is 11.5 Å². The van der Waals surface area contributed by atoms with Gasteiger partial charge >= 0.3 is 0 Å². The molecule has 1 N–H and O–H groups in total. The van der Waals surface area contributed by atoms with Gasteiger partial charge in [0, 0.05) is 10.5 Å². The zero-order chi connectivity index (χ0) is 13.7. The molecule has 0 bridgehead atoms. The van der Waals surface area contributed by atoms with E-state index in [-0.39, 0.29) is 0 Å². The Bertz CT molecular complexity index is 521. The Balaban J connectivity index is 2.10. The Morgan fingerprint density at radius 3 is 2.42 bits per heavy atom. The minimum absolute atomic E-state index is 0.403. The molecule has 0 aromatic heterocycles. The molecule has 0 spiro atoms. The zero-order valence-electron chi connectivity index (χ0n) is 11.2. The summed E-state index contributed by atoms with van der Waals surface area (Å²) in [4.78, 5) is 0. The van der Waals surface area contributed by atoms with Gasteiger partial charge in [0.05, 0.1) is 0 Å². The quantitative estimate of drug-likeness (QED) is 0.845. The van der Waals surface area contributed by atoms with Gasteiger partial charge in [-0.1, -0.05) is 41.1 Å². The highest BCUT2D eigenvalue weighted by Gasteiger charge is 2.06. The molecule has 0 saturated heterocycles. The van der Waals surface area contributed by atoms with E-state index in [0.29, 0.717) is 6.04 Å². The van der Waals surface area contributed by atoms with Crippen molar-refractivity contribution in [2.24, 2.45) is 0 Å². The molecule has 2 aromatic rings. The number of rotatable bonds is 5. The molecule has 19 heavy (non-hydrogen) atoms. The van der Waals surface area contributed by atoms with Crippen LogP contribution in [0, 0.1) is 0 Å². The third-order valence-corrected chi connectivity index (χ3v) is 3.56. The summed E-state index contributed by atoms with van der Waals surface area (Å²) in [5.74, 6) is 1.69. The van der Waals surface area contributed by atoms with Crippen LogP contribution in [-0.4, -0.2) is 7.05 Å². The maximum Gasteiger partial charge on any atom is 0.128 e. The summed E-state index contributed by atoms with van der Waals surface area (Å²) in [6, 6.07) is 16.5. The van der Waals surface area contributed by atoms with E-state index >= 15 is 0 Å². The Kier molecular flexibility index (Phi) is 5.00. The molecule has 0 amide bonds. The Morgan fingerprint density at radius 2 is 1.84 bits per heavy atom. The molecule has 0 fully saturated rings. The first-order valence-corrected chi connectivity index (χ1v) is 7.23. The van der Waals surface area contributed by atoms with E-state index < -0.39 is 0 Å². The molecular formula is C16H18BrNO. The van der Waals surface area contributed by atoms with Crippen LogP contribution >= 0.6 is 15.9 Å². The molecule has 0 aliphatic heterocycles. The fraction of sp³-hybridized carbons (Fsp3) is 0.250. The molecule has 0 radical (unpaired) electrons. The maximum atomic E-state index is 5.81. The van der Waals surface area contributed by atoms with Gasteiger partial charge in [0.2, 0.25) is 0 Å². The van der Waals surface area contributed by atoms with Crippen LogP contribution in [0.4, 0.5) is 0 Å². The summed E-state index contributed by atoms with van der Waals surface area (Å²) in [7, 11) is 1.99. The molecule has 1 unspecified atom stereocenters. The highest BCUT2D eigenvalue weighted by atomic mass is 79.9. The second kappa shape index (κ2) is 6.73. The molecule has 0 saturated carbocycles. The number of nitrogens with one attached hydrogen (secondary N) is 1. The van der Waals surface area contributed by atoms with Crippen LogP contribution < -0.4 is 10.1 Å². The lowest BCUT2D eigenvalue weighted by Gasteiger charge is -2.14. The molecule has 0 aliphatic carbocycles. The second-order valence-electron chi connectivity index (χ2n) is 4.38. The van der Waals surface area contributed by atoms with Crippen molar-refractivity contribution in [2.45, 2.75) is 19.4 Å². The van der Waals surface area contributed by atoms with Crippen molar-refractivity contribution in [3.8, 4) is 11.5 Å². The lowest BCUT2D eigenvalue weighted by atomic mass is 10.0. The van der Waals surface area contributed by atoms with Crippen LogP contribution in [-0.2, 0) is 0 Å². The smallest absolute Gasteiger partial charge is 0.128 e. The van der Waals surface area contributed by atoms with Crippen molar-refractivity contribution in [1.29, 1.82) is 0 Å².